The number of nitrogens with one attached hydrogen (secondary N) is 2. The van der Waals surface area contributed by atoms with Crippen molar-refractivity contribution < 1.29 is 14.0 Å². The van der Waals surface area contributed by atoms with Gasteiger partial charge in [-0.05, 0) is 49.8 Å². The van der Waals surface area contributed by atoms with Gasteiger partial charge in [-0.2, -0.15) is 5.10 Å². The molecule has 1 saturated carbocycles. The van der Waals surface area contributed by atoms with Crippen molar-refractivity contribution in [1.82, 2.24) is 20.4 Å². The van der Waals surface area contributed by atoms with E-state index in [1.807, 2.05) is 17.0 Å². The van der Waals surface area contributed by atoms with Crippen molar-refractivity contribution in [2.24, 2.45) is 5.92 Å². The summed E-state index contributed by atoms with van der Waals surface area (Å²) in [6, 6.07) is 5.42. The van der Waals surface area contributed by atoms with Crippen molar-refractivity contribution in [2.75, 3.05) is 13.1 Å². The highest BCUT2D eigenvalue weighted by atomic mass is 16.3. The van der Waals surface area contributed by atoms with Crippen molar-refractivity contribution in [1.29, 1.82) is 0 Å². The first kappa shape index (κ1) is 16.9. The van der Waals surface area contributed by atoms with Gasteiger partial charge in [-0.1, -0.05) is 0 Å². The van der Waals surface area contributed by atoms with Crippen LogP contribution in [0, 0.1) is 5.92 Å². The fraction of sp³-hybridized carbons (Fsp3) is 0.526. The van der Waals surface area contributed by atoms with Gasteiger partial charge in [-0.15, -0.1) is 0 Å². The number of amides is 2. The molecule has 2 aromatic rings. The van der Waals surface area contributed by atoms with Gasteiger partial charge >= 0.3 is 0 Å². The molecule has 2 amide bonds. The predicted octanol–water partition coefficient (Wildman–Crippen LogP) is 2.44. The van der Waals surface area contributed by atoms with E-state index in [4.69, 9.17) is 4.42 Å². The number of aromatic amines is 1. The average Bonchev–Trinajstić information content (AvgIpc) is 3.15. The monoisotopic (exact) mass is 356 g/mol. The van der Waals surface area contributed by atoms with Crippen molar-refractivity contribution in [3.63, 3.8) is 0 Å². The van der Waals surface area contributed by atoms with Crippen molar-refractivity contribution in [3.8, 4) is 0 Å². The fourth-order valence-electron chi connectivity index (χ4n) is 3.47. The van der Waals surface area contributed by atoms with Crippen LogP contribution in [0.15, 0.2) is 28.9 Å². The van der Waals surface area contributed by atoms with Crippen LogP contribution in [0.4, 0.5) is 0 Å². The molecule has 1 saturated heterocycles. The Morgan fingerprint density at radius 2 is 2.08 bits per heavy atom. The fourth-order valence-corrected chi connectivity index (χ4v) is 3.47. The molecule has 138 valence electrons. The molecule has 26 heavy (non-hydrogen) atoms. The molecule has 0 atom stereocenters. The lowest BCUT2D eigenvalue weighted by atomic mass is 9.93. The number of likely N-dealkylation sites (tertiary alicyclic amines) is 1. The third-order valence-electron chi connectivity index (χ3n) is 5.28. The van der Waals surface area contributed by atoms with E-state index in [1.54, 1.807) is 12.3 Å². The molecule has 1 aliphatic heterocycles. The maximum atomic E-state index is 12.2. The SMILES string of the molecule is O=C(NCc1ccco1)c1cc(C2CCN(C(=O)CC3CC3)CC2)[nH]n1. The Kier molecular flexibility index (Phi) is 4.77. The summed E-state index contributed by atoms with van der Waals surface area (Å²) in [6.07, 6.45) is 6.53. The van der Waals surface area contributed by atoms with Crippen LogP contribution in [0.1, 0.15) is 60.0 Å². The Hall–Kier alpha value is -2.57. The van der Waals surface area contributed by atoms with Gasteiger partial charge in [0.1, 0.15) is 11.5 Å². The Morgan fingerprint density at radius 1 is 1.27 bits per heavy atom. The Balaban J connectivity index is 1.27. The molecular formula is C19H24N4O3. The molecule has 2 aliphatic rings. The van der Waals surface area contributed by atoms with E-state index in [0.717, 1.165) is 31.6 Å². The van der Waals surface area contributed by atoms with Crippen LogP contribution in [0.5, 0.6) is 0 Å². The van der Waals surface area contributed by atoms with Gasteiger partial charge in [0.15, 0.2) is 0 Å². The zero-order valence-electron chi connectivity index (χ0n) is 14.7. The maximum absolute atomic E-state index is 12.2. The minimum absolute atomic E-state index is 0.221. The highest BCUT2D eigenvalue weighted by Crippen LogP contribution is 2.34. The molecular weight excluding hydrogens is 332 g/mol. The van der Waals surface area contributed by atoms with Gasteiger partial charge in [0.2, 0.25) is 5.91 Å². The first-order valence-electron chi connectivity index (χ1n) is 9.32. The van der Waals surface area contributed by atoms with Gasteiger partial charge in [-0.3, -0.25) is 14.7 Å². The predicted molar refractivity (Wildman–Crippen MR) is 94.4 cm³/mol. The number of nitrogens with zero attached hydrogens (tertiary/aromatic N) is 2. The quantitative estimate of drug-likeness (QED) is 0.832. The van der Waals surface area contributed by atoms with E-state index < -0.39 is 0 Å². The van der Waals surface area contributed by atoms with Crippen LogP contribution in [-0.2, 0) is 11.3 Å². The minimum atomic E-state index is -0.221. The maximum Gasteiger partial charge on any atom is 0.272 e. The number of hydrogen-bond donors (Lipinski definition) is 2. The van der Waals surface area contributed by atoms with E-state index >= 15 is 0 Å². The molecule has 7 heteroatoms. The summed E-state index contributed by atoms with van der Waals surface area (Å²) >= 11 is 0. The first-order chi connectivity index (χ1) is 12.7. The van der Waals surface area contributed by atoms with Crippen molar-refractivity contribution >= 4 is 11.8 Å². The molecule has 2 aromatic heterocycles. The molecule has 0 aromatic carbocycles. The molecule has 0 unspecified atom stereocenters. The number of rotatable bonds is 6. The van der Waals surface area contributed by atoms with E-state index in [2.05, 4.69) is 15.5 Å². The smallest absolute Gasteiger partial charge is 0.272 e. The summed E-state index contributed by atoms with van der Waals surface area (Å²) < 4.78 is 5.20. The second-order valence-electron chi connectivity index (χ2n) is 7.27. The second kappa shape index (κ2) is 7.35. The van der Waals surface area contributed by atoms with Gasteiger partial charge in [0.25, 0.3) is 5.91 Å². The third kappa shape index (κ3) is 3.98. The normalized spacial score (nSPS) is 18.1. The van der Waals surface area contributed by atoms with Crippen LogP contribution < -0.4 is 5.32 Å². The number of carbonyl (C=O) groups is 2. The van der Waals surface area contributed by atoms with E-state index in [9.17, 15) is 9.59 Å². The Morgan fingerprint density at radius 3 is 2.77 bits per heavy atom. The molecule has 1 aliphatic carbocycles. The molecule has 0 radical (unpaired) electrons. The summed E-state index contributed by atoms with van der Waals surface area (Å²) in [5.74, 6) is 1.74. The molecule has 0 bridgehead atoms. The average molecular weight is 356 g/mol. The lowest BCUT2D eigenvalue weighted by molar-refractivity contribution is -0.132. The zero-order chi connectivity index (χ0) is 17.9. The molecule has 0 spiro atoms. The van der Waals surface area contributed by atoms with Crippen LogP contribution >= 0.6 is 0 Å². The lowest BCUT2D eigenvalue weighted by Crippen LogP contribution is -2.38. The van der Waals surface area contributed by atoms with Gasteiger partial charge in [-0.25, -0.2) is 0 Å². The molecule has 3 heterocycles. The number of hydrogen-bond acceptors (Lipinski definition) is 4. The zero-order valence-corrected chi connectivity index (χ0v) is 14.7. The third-order valence-corrected chi connectivity index (χ3v) is 5.28. The largest absolute Gasteiger partial charge is 0.467 e. The van der Waals surface area contributed by atoms with E-state index in [0.29, 0.717) is 42.2 Å². The molecule has 2 fully saturated rings. The highest BCUT2D eigenvalue weighted by Gasteiger charge is 2.30. The van der Waals surface area contributed by atoms with Crippen molar-refractivity contribution in [3.05, 3.63) is 41.6 Å². The minimum Gasteiger partial charge on any atom is -0.467 e. The van der Waals surface area contributed by atoms with Gasteiger partial charge in [0, 0.05) is 31.1 Å². The Bertz CT molecular complexity index is 756. The van der Waals surface area contributed by atoms with Crippen LogP contribution in [-0.4, -0.2) is 40.0 Å². The molecule has 7 nitrogen and oxygen atoms in total. The number of aromatic nitrogens is 2. The number of furan rings is 1. The number of carbonyl (C=O) groups excluding carboxylic acids is 2. The van der Waals surface area contributed by atoms with E-state index in [-0.39, 0.29) is 5.91 Å². The topological polar surface area (TPSA) is 91.2 Å². The van der Waals surface area contributed by atoms with Crippen molar-refractivity contribution in [2.45, 2.75) is 44.6 Å². The van der Waals surface area contributed by atoms with Crippen LogP contribution in [0.2, 0.25) is 0 Å². The summed E-state index contributed by atoms with van der Waals surface area (Å²) in [7, 11) is 0. The molecule has 2 N–H and O–H groups in total. The standard InChI is InChI=1S/C19H24N4O3/c24-18(10-13-3-4-13)23-7-5-14(6-8-23)16-11-17(22-21-16)19(25)20-12-15-2-1-9-26-15/h1-2,9,11,13-14H,3-8,10,12H2,(H,20,25)(H,21,22). The van der Waals surface area contributed by atoms with Gasteiger partial charge < -0.3 is 14.6 Å². The van der Waals surface area contributed by atoms with Crippen LogP contribution in [0.25, 0.3) is 0 Å². The Labute approximate surface area is 152 Å². The van der Waals surface area contributed by atoms with Crippen LogP contribution in [0.3, 0.4) is 0 Å². The summed E-state index contributed by atoms with van der Waals surface area (Å²) in [4.78, 5) is 26.4. The highest BCUT2D eigenvalue weighted by molar-refractivity contribution is 5.92. The van der Waals surface area contributed by atoms with E-state index in [1.165, 1.54) is 12.8 Å². The second-order valence-corrected chi connectivity index (χ2v) is 7.27. The first-order valence-corrected chi connectivity index (χ1v) is 9.32. The molecule has 4 rings (SSSR count). The van der Waals surface area contributed by atoms with Gasteiger partial charge in [0.05, 0.1) is 12.8 Å². The lowest BCUT2D eigenvalue weighted by Gasteiger charge is -2.31. The number of piperidine rings is 1. The summed E-state index contributed by atoms with van der Waals surface area (Å²) in [5, 5.41) is 9.94. The summed E-state index contributed by atoms with van der Waals surface area (Å²) in [6.45, 7) is 1.92. The summed E-state index contributed by atoms with van der Waals surface area (Å²) in [5.41, 5.74) is 1.36. The number of H-pyrrole nitrogens is 1.